The molecule has 1 aromatic heterocycles. The van der Waals surface area contributed by atoms with Crippen molar-refractivity contribution < 1.29 is 0 Å². The van der Waals surface area contributed by atoms with E-state index < -0.39 is 0 Å². The summed E-state index contributed by atoms with van der Waals surface area (Å²) in [5.74, 6) is 2.91. The van der Waals surface area contributed by atoms with Gasteiger partial charge in [0.05, 0.1) is 23.1 Å². The molecule has 2 fully saturated rings. The molecule has 2 nitrogen and oxygen atoms in total. The molecular weight excluding hydrogens is 388 g/mol. The van der Waals surface area contributed by atoms with E-state index in [-0.39, 0.29) is 5.54 Å². The van der Waals surface area contributed by atoms with Crippen molar-refractivity contribution in [3.63, 3.8) is 0 Å². The maximum atomic E-state index is 4.92. The summed E-state index contributed by atoms with van der Waals surface area (Å²) in [5.41, 5.74) is 9.81. The number of anilines is 2. The highest BCUT2D eigenvalue weighted by molar-refractivity contribution is 5.99. The van der Waals surface area contributed by atoms with Gasteiger partial charge in [-0.15, -0.1) is 0 Å². The zero-order valence-corrected chi connectivity index (χ0v) is 18.5. The molecule has 156 valence electrons. The van der Waals surface area contributed by atoms with Crippen molar-refractivity contribution in [2.24, 2.45) is 29.1 Å². The Morgan fingerprint density at radius 3 is 2.50 bits per heavy atom. The van der Waals surface area contributed by atoms with Crippen LogP contribution in [0.4, 0.5) is 11.4 Å². The van der Waals surface area contributed by atoms with Gasteiger partial charge >= 0.3 is 0 Å². The summed E-state index contributed by atoms with van der Waals surface area (Å²) in [5, 5.41) is 0. The van der Waals surface area contributed by atoms with E-state index in [9.17, 15) is 0 Å². The van der Waals surface area contributed by atoms with Crippen LogP contribution in [0, 0.1) is 29.1 Å². The predicted molar refractivity (Wildman–Crippen MR) is 129 cm³/mol. The minimum atomic E-state index is -0.0199. The van der Waals surface area contributed by atoms with Crippen LogP contribution in [0.3, 0.4) is 0 Å². The molecule has 0 N–H and O–H groups in total. The number of para-hydroxylation sites is 1. The van der Waals surface area contributed by atoms with E-state index in [2.05, 4.69) is 104 Å². The summed E-state index contributed by atoms with van der Waals surface area (Å²) in [7, 11) is 0. The van der Waals surface area contributed by atoms with E-state index in [0.29, 0.717) is 17.3 Å². The molecule has 2 saturated carbocycles. The number of rotatable bonds is 2. The lowest BCUT2D eigenvalue weighted by molar-refractivity contribution is 0.115. The molecule has 3 bridgehead atoms. The summed E-state index contributed by atoms with van der Waals surface area (Å²) in [4.78, 5) is 7.57. The number of pyridine rings is 1. The van der Waals surface area contributed by atoms with Crippen molar-refractivity contribution in [1.82, 2.24) is 4.98 Å². The second-order valence-electron chi connectivity index (χ2n) is 10.9. The fraction of sp³-hybridized carbons (Fsp3) is 0.300. The second kappa shape index (κ2) is 5.43. The summed E-state index contributed by atoms with van der Waals surface area (Å²) < 4.78 is 0. The van der Waals surface area contributed by atoms with Crippen LogP contribution in [0.5, 0.6) is 0 Å². The minimum Gasteiger partial charge on any atom is -0.325 e. The maximum absolute atomic E-state index is 4.92. The topological polar surface area (TPSA) is 16.1 Å². The maximum Gasteiger partial charge on any atom is 0.0925 e. The fourth-order valence-corrected chi connectivity index (χ4v) is 8.19. The van der Waals surface area contributed by atoms with E-state index in [1.807, 2.05) is 0 Å². The first kappa shape index (κ1) is 17.4. The summed E-state index contributed by atoms with van der Waals surface area (Å²) in [6.07, 6.45) is 8.66. The van der Waals surface area contributed by atoms with Gasteiger partial charge in [0.1, 0.15) is 0 Å². The molecule has 4 unspecified atom stereocenters. The van der Waals surface area contributed by atoms with Gasteiger partial charge in [-0.2, -0.15) is 0 Å². The number of aromatic nitrogens is 1. The lowest BCUT2D eigenvalue weighted by atomic mass is 9.52. The first-order valence-corrected chi connectivity index (χ1v) is 12.0. The molecule has 8 rings (SSSR count). The highest BCUT2D eigenvalue weighted by atomic mass is 15.3. The van der Waals surface area contributed by atoms with Crippen LogP contribution in [0.15, 0.2) is 90.7 Å². The molecule has 2 heteroatoms. The van der Waals surface area contributed by atoms with Gasteiger partial charge < -0.3 is 4.90 Å². The zero-order chi connectivity index (χ0) is 21.2. The van der Waals surface area contributed by atoms with Crippen LogP contribution >= 0.6 is 0 Å². The molecule has 32 heavy (non-hydrogen) atoms. The van der Waals surface area contributed by atoms with Crippen molar-refractivity contribution in [1.29, 1.82) is 0 Å². The molecule has 2 heterocycles. The number of benzene rings is 2. The molecule has 0 amide bonds. The summed E-state index contributed by atoms with van der Waals surface area (Å²) >= 11 is 0. The lowest BCUT2D eigenvalue weighted by Crippen LogP contribution is -2.57. The quantitative estimate of drug-likeness (QED) is 0.425. The van der Waals surface area contributed by atoms with Gasteiger partial charge in [-0.3, -0.25) is 4.98 Å². The Hall–Kier alpha value is -3.13. The van der Waals surface area contributed by atoms with Gasteiger partial charge in [-0.25, -0.2) is 0 Å². The van der Waals surface area contributed by atoms with Crippen molar-refractivity contribution in [2.75, 3.05) is 4.90 Å². The molecule has 5 aliphatic rings. The molecule has 1 aliphatic heterocycles. The monoisotopic (exact) mass is 414 g/mol. The smallest absolute Gasteiger partial charge is 0.0925 e. The molecule has 2 aromatic carbocycles. The number of hydrogen-bond donors (Lipinski definition) is 0. The van der Waals surface area contributed by atoms with Gasteiger partial charge in [0.15, 0.2) is 0 Å². The second-order valence-corrected chi connectivity index (χ2v) is 10.9. The standard InChI is InChI=1S/C30H26N2/c1-29(2)25-16-30-23(14-21(25)22-15-24(30)28(22)29)20-10-6-7-11-27(20)32(30)19-12-13-26(31-17-19)18-8-4-3-5-9-18/h3-15,17,21-22,25,28H,16H2,1-2H3/t21?,22?,25?,28?,30-/m1/s1. The van der Waals surface area contributed by atoms with Crippen molar-refractivity contribution in [3.05, 3.63) is 96.2 Å². The highest BCUT2D eigenvalue weighted by Crippen LogP contribution is 2.78. The molecular formula is C30H26N2. The van der Waals surface area contributed by atoms with E-state index in [1.165, 1.54) is 28.9 Å². The summed E-state index contributed by atoms with van der Waals surface area (Å²) in [6.45, 7) is 5.05. The van der Waals surface area contributed by atoms with E-state index in [0.717, 1.165) is 17.5 Å². The van der Waals surface area contributed by atoms with Crippen molar-refractivity contribution in [3.8, 4) is 11.3 Å². The van der Waals surface area contributed by atoms with Gasteiger partial charge in [0.25, 0.3) is 0 Å². The Morgan fingerprint density at radius 2 is 1.69 bits per heavy atom. The predicted octanol–water partition coefficient (Wildman–Crippen LogP) is 6.88. The van der Waals surface area contributed by atoms with Crippen LogP contribution in [-0.2, 0) is 0 Å². The third-order valence-electron chi connectivity index (χ3n) is 9.45. The normalized spacial score (nSPS) is 33.9. The van der Waals surface area contributed by atoms with E-state index in [1.54, 1.807) is 11.1 Å². The van der Waals surface area contributed by atoms with Gasteiger partial charge in [-0.05, 0) is 64.9 Å². The molecule has 1 spiro atoms. The first-order valence-electron chi connectivity index (χ1n) is 12.0. The van der Waals surface area contributed by atoms with Crippen molar-refractivity contribution >= 4 is 16.9 Å². The fourth-order valence-electron chi connectivity index (χ4n) is 8.19. The SMILES string of the molecule is CC1(C)C2C[C@@]34C(=CC2C2C=C3C21)c1ccccc1N4c1ccc(-c2ccccc2)nc1. The minimum absolute atomic E-state index is 0.0199. The zero-order valence-electron chi connectivity index (χ0n) is 18.5. The van der Waals surface area contributed by atoms with Crippen LogP contribution in [0.25, 0.3) is 16.8 Å². The molecule has 5 atom stereocenters. The number of fused-ring (bicyclic) bond motifs is 3. The van der Waals surface area contributed by atoms with E-state index >= 15 is 0 Å². The number of allylic oxidation sites excluding steroid dienone is 2. The van der Waals surface area contributed by atoms with Crippen LogP contribution in [0.1, 0.15) is 25.8 Å². The Morgan fingerprint density at radius 1 is 0.875 bits per heavy atom. The number of hydrogen-bond acceptors (Lipinski definition) is 2. The van der Waals surface area contributed by atoms with E-state index in [4.69, 9.17) is 4.98 Å². The Kier molecular flexibility index (Phi) is 2.96. The lowest BCUT2D eigenvalue weighted by Gasteiger charge is -2.57. The van der Waals surface area contributed by atoms with Crippen molar-refractivity contribution in [2.45, 2.75) is 25.8 Å². The third kappa shape index (κ3) is 1.77. The van der Waals surface area contributed by atoms with Crippen LogP contribution in [-0.4, -0.2) is 10.5 Å². The Balaban J connectivity index is 1.33. The largest absolute Gasteiger partial charge is 0.325 e. The molecule has 4 aliphatic carbocycles. The van der Waals surface area contributed by atoms with Gasteiger partial charge in [-0.1, -0.05) is 74.5 Å². The summed E-state index contributed by atoms with van der Waals surface area (Å²) in [6, 6.07) is 24.0. The Bertz CT molecular complexity index is 1350. The number of nitrogens with zero attached hydrogens (tertiary/aromatic N) is 2. The van der Waals surface area contributed by atoms with Gasteiger partial charge in [0.2, 0.25) is 0 Å². The average molecular weight is 415 g/mol. The van der Waals surface area contributed by atoms with Crippen LogP contribution in [0.2, 0.25) is 0 Å². The third-order valence-corrected chi connectivity index (χ3v) is 9.45. The molecule has 3 aromatic rings. The van der Waals surface area contributed by atoms with Gasteiger partial charge in [0, 0.05) is 16.8 Å². The first-order chi connectivity index (χ1) is 15.6. The highest BCUT2D eigenvalue weighted by Gasteiger charge is 2.73. The van der Waals surface area contributed by atoms with Crippen LogP contribution < -0.4 is 4.90 Å². The Labute approximate surface area is 189 Å². The molecule has 0 radical (unpaired) electrons. The average Bonchev–Trinajstić information content (AvgIpc) is 2.94. The molecule has 0 saturated heterocycles.